The lowest BCUT2D eigenvalue weighted by Crippen LogP contribution is -2.18. The third kappa shape index (κ3) is 5.59. The minimum Gasteiger partial charge on any atom is -0.463 e. The van der Waals surface area contributed by atoms with Gasteiger partial charge in [0.05, 0.1) is 5.88 Å². The smallest absolute Gasteiger partial charge is 0.302 e. The van der Waals surface area contributed by atoms with Gasteiger partial charge in [-0.1, -0.05) is 0 Å². The van der Waals surface area contributed by atoms with E-state index in [2.05, 4.69) is 4.74 Å². The van der Waals surface area contributed by atoms with Gasteiger partial charge in [0.2, 0.25) is 0 Å². The molecule has 4 heteroatoms. The first kappa shape index (κ1) is 8.72. The van der Waals surface area contributed by atoms with E-state index in [1.165, 1.54) is 6.92 Å². The molecule has 1 unspecified atom stereocenters. The summed E-state index contributed by atoms with van der Waals surface area (Å²) < 4.78 is 4.42. The zero-order valence-corrected chi connectivity index (χ0v) is 5.89. The zero-order valence-electron chi connectivity index (χ0n) is 5.13. The standard InChI is InChI=1S/C5H9ClO3/c1-4(7)9-3-5(8)2-6/h5,8H,2-3H2,1H3. The van der Waals surface area contributed by atoms with Crippen molar-refractivity contribution in [3.63, 3.8) is 0 Å². The van der Waals surface area contributed by atoms with Crippen molar-refractivity contribution in [3.8, 4) is 0 Å². The van der Waals surface area contributed by atoms with Crippen LogP contribution in [-0.4, -0.2) is 29.7 Å². The molecule has 0 spiro atoms. The Morgan fingerprint density at radius 1 is 1.89 bits per heavy atom. The maximum Gasteiger partial charge on any atom is 0.302 e. The van der Waals surface area contributed by atoms with Gasteiger partial charge in [0.15, 0.2) is 0 Å². The number of rotatable bonds is 3. The number of aliphatic hydroxyl groups is 1. The number of ether oxygens (including phenoxy) is 1. The summed E-state index contributed by atoms with van der Waals surface area (Å²) in [4.78, 5) is 10.1. The van der Waals surface area contributed by atoms with Crippen LogP contribution in [-0.2, 0) is 9.53 Å². The lowest BCUT2D eigenvalue weighted by Gasteiger charge is -2.04. The van der Waals surface area contributed by atoms with Gasteiger partial charge in [0.25, 0.3) is 0 Å². The summed E-state index contributed by atoms with van der Waals surface area (Å²) in [5, 5.41) is 8.70. The number of aliphatic hydroxyl groups excluding tert-OH is 1. The summed E-state index contributed by atoms with van der Waals surface area (Å²) in [5.41, 5.74) is 0. The van der Waals surface area contributed by atoms with E-state index in [-0.39, 0.29) is 12.5 Å². The first-order valence-corrected chi connectivity index (χ1v) is 3.07. The van der Waals surface area contributed by atoms with Gasteiger partial charge in [-0.05, 0) is 0 Å². The van der Waals surface area contributed by atoms with Crippen LogP contribution in [0, 0.1) is 0 Å². The molecule has 0 heterocycles. The number of carbonyl (C=O) groups is 1. The third-order valence-electron chi connectivity index (χ3n) is 0.657. The van der Waals surface area contributed by atoms with E-state index in [1.54, 1.807) is 0 Å². The molecule has 0 radical (unpaired) electrons. The van der Waals surface area contributed by atoms with Gasteiger partial charge in [0, 0.05) is 6.92 Å². The number of alkyl halides is 1. The molecule has 9 heavy (non-hydrogen) atoms. The molecule has 1 N–H and O–H groups in total. The van der Waals surface area contributed by atoms with Crippen LogP contribution >= 0.6 is 11.6 Å². The highest BCUT2D eigenvalue weighted by atomic mass is 35.5. The average molecular weight is 153 g/mol. The number of halogens is 1. The predicted octanol–water partition coefficient (Wildman–Crippen LogP) is 0.149. The molecule has 0 aromatic rings. The molecular weight excluding hydrogens is 144 g/mol. The molecule has 54 valence electrons. The van der Waals surface area contributed by atoms with E-state index in [9.17, 15) is 4.79 Å². The van der Waals surface area contributed by atoms with Gasteiger partial charge < -0.3 is 9.84 Å². The molecule has 1 atom stereocenters. The maximum atomic E-state index is 10.1. The molecule has 0 aromatic carbocycles. The normalized spacial score (nSPS) is 12.8. The van der Waals surface area contributed by atoms with Gasteiger partial charge in [0.1, 0.15) is 12.7 Å². The second-order valence-corrected chi connectivity index (χ2v) is 1.92. The zero-order chi connectivity index (χ0) is 7.28. The highest BCUT2D eigenvalue weighted by Gasteiger charge is 2.02. The van der Waals surface area contributed by atoms with Crippen LogP contribution in [0.25, 0.3) is 0 Å². The summed E-state index contributed by atoms with van der Waals surface area (Å²) >= 11 is 5.19. The van der Waals surface area contributed by atoms with Crippen LogP contribution in [0.2, 0.25) is 0 Å². The monoisotopic (exact) mass is 152 g/mol. The van der Waals surface area contributed by atoms with E-state index in [0.717, 1.165) is 0 Å². The Bertz CT molecular complexity index is 94.2. The minimum atomic E-state index is -0.740. The van der Waals surface area contributed by atoms with Gasteiger partial charge in [-0.2, -0.15) is 0 Å². The molecule has 0 bridgehead atoms. The number of hydrogen-bond acceptors (Lipinski definition) is 3. The van der Waals surface area contributed by atoms with E-state index >= 15 is 0 Å². The van der Waals surface area contributed by atoms with Gasteiger partial charge in [-0.25, -0.2) is 0 Å². The Morgan fingerprint density at radius 2 is 2.44 bits per heavy atom. The second kappa shape index (κ2) is 4.58. The fourth-order valence-corrected chi connectivity index (χ4v) is 0.347. The summed E-state index contributed by atoms with van der Waals surface area (Å²) in [6.07, 6.45) is -0.740. The van der Waals surface area contributed by atoms with Crippen molar-refractivity contribution in [2.45, 2.75) is 13.0 Å². The Kier molecular flexibility index (Phi) is 4.44. The van der Waals surface area contributed by atoms with E-state index in [0.29, 0.717) is 0 Å². The maximum absolute atomic E-state index is 10.1. The quantitative estimate of drug-likeness (QED) is 0.463. The van der Waals surface area contributed by atoms with E-state index < -0.39 is 12.1 Å². The van der Waals surface area contributed by atoms with Crippen molar-refractivity contribution in [1.29, 1.82) is 0 Å². The topological polar surface area (TPSA) is 46.5 Å². The number of carbonyl (C=O) groups excluding carboxylic acids is 1. The van der Waals surface area contributed by atoms with Crippen LogP contribution in [0.1, 0.15) is 6.92 Å². The van der Waals surface area contributed by atoms with Crippen LogP contribution in [0.15, 0.2) is 0 Å². The van der Waals surface area contributed by atoms with Crippen molar-refractivity contribution in [2.75, 3.05) is 12.5 Å². The van der Waals surface area contributed by atoms with Crippen molar-refractivity contribution in [2.24, 2.45) is 0 Å². The highest BCUT2D eigenvalue weighted by Crippen LogP contribution is 1.88. The van der Waals surface area contributed by atoms with E-state index in [1.807, 2.05) is 0 Å². The second-order valence-electron chi connectivity index (χ2n) is 1.61. The lowest BCUT2D eigenvalue weighted by molar-refractivity contribution is -0.143. The Hall–Kier alpha value is -0.280. The first-order chi connectivity index (χ1) is 4.16. The molecule has 0 saturated carbocycles. The molecule has 0 rings (SSSR count). The van der Waals surface area contributed by atoms with Crippen molar-refractivity contribution in [3.05, 3.63) is 0 Å². The number of esters is 1. The number of hydrogen-bond donors (Lipinski definition) is 1. The SMILES string of the molecule is CC(=O)OCC(O)CCl. The molecule has 0 saturated heterocycles. The molecule has 0 aliphatic rings. The molecule has 0 aromatic heterocycles. The summed E-state index contributed by atoms with van der Waals surface area (Å²) in [6.45, 7) is 1.26. The van der Waals surface area contributed by atoms with Crippen molar-refractivity contribution < 1.29 is 14.6 Å². The Morgan fingerprint density at radius 3 is 2.78 bits per heavy atom. The Labute approximate surface area is 58.6 Å². The molecular formula is C5H9ClO3. The minimum absolute atomic E-state index is 0.0150. The van der Waals surface area contributed by atoms with Gasteiger partial charge in [-0.3, -0.25) is 4.79 Å². The molecule has 0 aliphatic heterocycles. The fraction of sp³-hybridized carbons (Fsp3) is 0.800. The molecule has 0 amide bonds. The summed E-state index contributed by atoms with van der Waals surface area (Å²) in [6, 6.07) is 0. The van der Waals surface area contributed by atoms with Gasteiger partial charge >= 0.3 is 5.97 Å². The molecule has 3 nitrogen and oxygen atoms in total. The van der Waals surface area contributed by atoms with Crippen LogP contribution in [0.4, 0.5) is 0 Å². The third-order valence-corrected chi connectivity index (χ3v) is 1.01. The highest BCUT2D eigenvalue weighted by molar-refractivity contribution is 6.18. The van der Waals surface area contributed by atoms with Gasteiger partial charge in [-0.15, -0.1) is 11.6 Å². The lowest BCUT2D eigenvalue weighted by atomic mass is 10.4. The average Bonchev–Trinajstić information content (AvgIpc) is 1.83. The van der Waals surface area contributed by atoms with Crippen molar-refractivity contribution >= 4 is 17.6 Å². The summed E-state index contributed by atoms with van der Waals surface area (Å²) in [7, 11) is 0. The van der Waals surface area contributed by atoms with Crippen LogP contribution in [0.3, 0.4) is 0 Å². The molecule has 0 fully saturated rings. The summed E-state index contributed by atoms with van der Waals surface area (Å²) in [5.74, 6) is -0.313. The van der Waals surface area contributed by atoms with Crippen molar-refractivity contribution in [1.82, 2.24) is 0 Å². The fourth-order valence-electron chi connectivity index (χ4n) is 0.258. The largest absolute Gasteiger partial charge is 0.463 e. The van der Waals surface area contributed by atoms with E-state index in [4.69, 9.17) is 16.7 Å². The van der Waals surface area contributed by atoms with Crippen LogP contribution < -0.4 is 0 Å². The Balaban J connectivity index is 3.16. The first-order valence-electron chi connectivity index (χ1n) is 2.54. The molecule has 0 aliphatic carbocycles. The predicted molar refractivity (Wildman–Crippen MR) is 33.4 cm³/mol. The van der Waals surface area contributed by atoms with Crippen LogP contribution in [0.5, 0.6) is 0 Å².